The average Bonchev–Trinajstić information content (AvgIpc) is 1.12. The van der Waals surface area contributed by atoms with Gasteiger partial charge in [-0.15, -0.1) is 0 Å². The summed E-state index contributed by atoms with van der Waals surface area (Å²) in [5, 5.41) is 0. The monoisotopic (exact) mass is 1030 g/mol. The minimum absolute atomic E-state index is 0. The standard InChI is InChI=1S/2C4H8.CH4.H3N.10Y/c2*1-2-4-3-1;;;;;;;;;;;;/h2*1-4H2;1H4;1H3;;;;;;;;;;. The largest absolute Gasteiger partial charge is 0.344 e. The molecule has 3 N–H and O–H groups in total. The van der Waals surface area contributed by atoms with Crippen molar-refractivity contribution < 1.29 is 327 Å². The molecule has 2 fully saturated rings. The molecule has 0 atom stereocenters. The molecule has 0 aromatic carbocycles. The maximum absolute atomic E-state index is 1.50. The van der Waals surface area contributed by atoms with Gasteiger partial charge in [0.15, 0.2) is 0 Å². The molecule has 0 bridgehead atoms. The molecule has 10 radical (unpaired) electrons. The van der Waals surface area contributed by atoms with Crippen LogP contribution >= 0.6 is 0 Å². The van der Waals surface area contributed by atoms with E-state index in [0.29, 0.717) is 0 Å². The van der Waals surface area contributed by atoms with Crippen molar-refractivity contribution in [3.05, 3.63) is 0 Å². The van der Waals surface area contributed by atoms with Crippen LogP contribution in [0.2, 0.25) is 0 Å². The summed E-state index contributed by atoms with van der Waals surface area (Å²) < 4.78 is 0. The van der Waals surface area contributed by atoms with E-state index in [1.54, 1.807) is 0 Å². The number of rotatable bonds is 0. The summed E-state index contributed by atoms with van der Waals surface area (Å²) >= 11 is 0. The van der Waals surface area contributed by atoms with Crippen molar-refractivity contribution in [2.24, 2.45) is 0 Å². The van der Waals surface area contributed by atoms with Crippen LogP contribution in [0.1, 0.15) is 58.8 Å². The van der Waals surface area contributed by atoms with Gasteiger partial charge in [0.25, 0.3) is 0 Å². The zero-order valence-corrected chi connectivity index (χ0v) is 40.5. The van der Waals surface area contributed by atoms with Crippen LogP contribution in [-0.4, -0.2) is 0 Å². The van der Waals surface area contributed by atoms with Crippen molar-refractivity contribution >= 4 is 0 Å². The third-order valence-electron chi connectivity index (χ3n) is 2.00. The molecule has 0 spiro atoms. The molecular formula is C9H23NY10. The van der Waals surface area contributed by atoms with E-state index in [-0.39, 0.29) is 341 Å². The summed E-state index contributed by atoms with van der Waals surface area (Å²) in [5.41, 5.74) is 0. The normalized spacial score (nSPS) is 9.60. The molecule has 0 saturated heterocycles. The summed E-state index contributed by atoms with van der Waals surface area (Å²) in [6, 6.07) is 0. The Kier molecular flexibility index (Phi) is 270. The van der Waals surface area contributed by atoms with Crippen LogP contribution in [0.4, 0.5) is 0 Å². The van der Waals surface area contributed by atoms with Crippen molar-refractivity contribution in [2.45, 2.75) is 58.8 Å². The maximum Gasteiger partial charge on any atom is 0 e. The zero-order valence-electron chi connectivity index (χ0n) is 12.1. The fourth-order valence-electron chi connectivity index (χ4n) is 0.500. The van der Waals surface area contributed by atoms with Crippen LogP contribution in [0.3, 0.4) is 0 Å². The molecule has 94 valence electrons. The van der Waals surface area contributed by atoms with Gasteiger partial charge in [0.1, 0.15) is 0 Å². The van der Waals surface area contributed by atoms with Crippen LogP contribution in [0.15, 0.2) is 0 Å². The van der Waals surface area contributed by atoms with Gasteiger partial charge in [0.2, 0.25) is 0 Å². The predicted molar refractivity (Wildman–Crippen MR) is 48.7 cm³/mol. The third-order valence-corrected chi connectivity index (χ3v) is 2.00. The van der Waals surface area contributed by atoms with E-state index < -0.39 is 0 Å². The van der Waals surface area contributed by atoms with Gasteiger partial charge >= 0.3 is 0 Å². The van der Waals surface area contributed by atoms with Crippen molar-refractivity contribution in [1.82, 2.24) is 6.15 Å². The van der Waals surface area contributed by atoms with E-state index in [2.05, 4.69) is 0 Å². The van der Waals surface area contributed by atoms with E-state index in [9.17, 15) is 0 Å². The molecule has 2 rings (SSSR count). The Morgan fingerprint density at radius 3 is 0.300 bits per heavy atom. The van der Waals surface area contributed by atoms with Gasteiger partial charge in [-0.25, -0.2) is 0 Å². The van der Waals surface area contributed by atoms with Gasteiger partial charge in [0, 0.05) is 327 Å². The molecule has 20 heavy (non-hydrogen) atoms. The Labute approximate surface area is 380 Å². The van der Waals surface area contributed by atoms with Gasteiger partial charge < -0.3 is 6.15 Å². The SMILES string of the molecule is C.C1CCC1.C1CCC1.N.[Y].[Y].[Y].[Y].[Y].[Y].[Y].[Y].[Y].[Y]. The van der Waals surface area contributed by atoms with Gasteiger partial charge in [0.05, 0.1) is 0 Å². The van der Waals surface area contributed by atoms with Crippen molar-refractivity contribution in [3.8, 4) is 0 Å². The topological polar surface area (TPSA) is 35.0 Å². The molecule has 2 saturated carbocycles. The van der Waals surface area contributed by atoms with Crippen LogP contribution in [0.25, 0.3) is 0 Å². The molecule has 11 heteroatoms. The zero-order chi connectivity index (χ0) is 5.66. The molecule has 2 aliphatic carbocycles. The molecule has 0 unspecified atom stereocenters. The van der Waals surface area contributed by atoms with Crippen LogP contribution in [-0.2, 0) is 327 Å². The van der Waals surface area contributed by atoms with Crippen LogP contribution in [0.5, 0.6) is 0 Å². The van der Waals surface area contributed by atoms with Crippen LogP contribution < -0.4 is 6.15 Å². The molecule has 2 aliphatic rings. The first-order chi connectivity index (χ1) is 4.00. The second kappa shape index (κ2) is 69.9. The van der Waals surface area contributed by atoms with E-state index in [1.807, 2.05) is 0 Å². The Morgan fingerprint density at radius 2 is 0.300 bits per heavy atom. The molecule has 0 heterocycles. The Morgan fingerprint density at radius 1 is 0.250 bits per heavy atom. The average molecular weight is 1030 g/mol. The number of hydrogen-bond acceptors (Lipinski definition) is 1. The summed E-state index contributed by atoms with van der Waals surface area (Å²) in [6.45, 7) is 0. The number of hydrogen-bond donors (Lipinski definition) is 1. The first-order valence-electron chi connectivity index (χ1n) is 4.00. The molecule has 0 amide bonds. The first-order valence-corrected chi connectivity index (χ1v) is 4.00. The first kappa shape index (κ1) is 77.3. The van der Waals surface area contributed by atoms with Gasteiger partial charge in [-0.2, -0.15) is 0 Å². The minimum Gasteiger partial charge on any atom is -0.344 e. The summed E-state index contributed by atoms with van der Waals surface area (Å²) in [7, 11) is 0. The van der Waals surface area contributed by atoms with Gasteiger partial charge in [-0.05, 0) is 0 Å². The molecule has 0 aromatic rings. The second-order valence-corrected chi connectivity index (χ2v) is 2.83. The summed E-state index contributed by atoms with van der Waals surface area (Å²) in [6.07, 6.45) is 12.0. The Bertz CT molecular complexity index is 48.7. The van der Waals surface area contributed by atoms with E-state index >= 15 is 0 Å². The summed E-state index contributed by atoms with van der Waals surface area (Å²) in [4.78, 5) is 0. The molecule has 1 nitrogen and oxygen atoms in total. The molecular weight excluding hydrogens is 1010 g/mol. The second-order valence-electron chi connectivity index (χ2n) is 2.83. The fourth-order valence-corrected chi connectivity index (χ4v) is 0.500. The van der Waals surface area contributed by atoms with Crippen LogP contribution in [0, 0.1) is 0 Å². The maximum atomic E-state index is 1.50. The smallest absolute Gasteiger partial charge is 0 e. The van der Waals surface area contributed by atoms with E-state index in [4.69, 9.17) is 0 Å². The third kappa shape index (κ3) is 63.0. The van der Waals surface area contributed by atoms with Gasteiger partial charge in [-0.1, -0.05) is 58.8 Å². The van der Waals surface area contributed by atoms with Gasteiger partial charge in [-0.3, -0.25) is 0 Å². The Balaban J connectivity index is -0.00000000400. The predicted octanol–water partition coefficient (Wildman–Crippen LogP) is 3.89. The molecule has 0 aromatic heterocycles. The van der Waals surface area contributed by atoms with Crippen molar-refractivity contribution in [2.75, 3.05) is 0 Å². The quantitative estimate of drug-likeness (QED) is 0.394. The fraction of sp³-hybridized carbons (Fsp3) is 1.00. The molecule has 0 aliphatic heterocycles. The minimum atomic E-state index is 0. The van der Waals surface area contributed by atoms with Crippen molar-refractivity contribution in [1.29, 1.82) is 0 Å². The summed E-state index contributed by atoms with van der Waals surface area (Å²) in [5.74, 6) is 0. The Hall–Kier alpha value is 11.0. The van der Waals surface area contributed by atoms with Crippen molar-refractivity contribution in [3.63, 3.8) is 0 Å². The van der Waals surface area contributed by atoms with E-state index in [1.165, 1.54) is 51.4 Å². The van der Waals surface area contributed by atoms with E-state index in [0.717, 1.165) is 0 Å².